The topological polar surface area (TPSA) is 55.7 Å². The third-order valence-electron chi connectivity index (χ3n) is 0.679. The van der Waals surface area contributed by atoms with E-state index in [1.165, 1.54) is 6.08 Å². The molecular weight excluding hydrogens is 162 g/mol. The van der Waals surface area contributed by atoms with Crippen LogP contribution in [0.3, 0.4) is 0 Å². The van der Waals surface area contributed by atoms with Crippen molar-refractivity contribution >= 4 is 23.0 Å². The summed E-state index contributed by atoms with van der Waals surface area (Å²) in [6.45, 7) is 3.43. The van der Waals surface area contributed by atoms with E-state index in [-0.39, 0.29) is 24.1 Å². The van der Waals surface area contributed by atoms with Gasteiger partial charge in [0.15, 0.2) is 0 Å². The lowest BCUT2D eigenvalue weighted by Crippen LogP contribution is -2.03. The molecule has 0 aromatic rings. The summed E-state index contributed by atoms with van der Waals surface area (Å²) in [6, 6.07) is 0. The van der Waals surface area contributed by atoms with Gasteiger partial charge in [-0.3, -0.25) is 0 Å². The van der Waals surface area contributed by atoms with Crippen molar-refractivity contribution in [3.8, 4) is 0 Å². The van der Waals surface area contributed by atoms with Crippen molar-refractivity contribution in [2.45, 2.75) is 0 Å². The Bertz CT molecular complexity index is 175. The highest BCUT2D eigenvalue weighted by Gasteiger charge is 1.91. The number of isocyanates is 1. The van der Waals surface area contributed by atoms with E-state index in [4.69, 9.17) is 0 Å². The lowest BCUT2D eigenvalue weighted by Gasteiger charge is -1.94. The Morgan fingerprint density at radius 3 is 2.82 bits per heavy atom. The molecule has 0 saturated carbocycles. The van der Waals surface area contributed by atoms with Gasteiger partial charge in [-0.15, -0.1) is 0 Å². The molecule has 0 aromatic heterocycles. The monoisotopic (exact) mass is 169 g/mol. The first-order chi connectivity index (χ1) is 4.81. The molecule has 0 heterocycles. The standard InChI is InChI=1S/C6H7NO3.Si/c1-2-6(9)10-4-3-7-5-8;/h2H,1,3-4H2;. The van der Waals surface area contributed by atoms with Gasteiger partial charge in [-0.1, -0.05) is 6.58 Å². The van der Waals surface area contributed by atoms with Gasteiger partial charge in [0.25, 0.3) is 0 Å². The van der Waals surface area contributed by atoms with E-state index >= 15 is 0 Å². The summed E-state index contributed by atoms with van der Waals surface area (Å²) in [5.41, 5.74) is 0. The van der Waals surface area contributed by atoms with E-state index in [9.17, 15) is 9.59 Å². The van der Waals surface area contributed by atoms with Crippen molar-refractivity contribution in [2.75, 3.05) is 13.2 Å². The highest BCUT2D eigenvalue weighted by atomic mass is 28.1. The number of carbonyl (C=O) groups is 1. The molecule has 0 amide bonds. The minimum Gasteiger partial charge on any atom is -0.461 e. The van der Waals surface area contributed by atoms with E-state index in [1.54, 1.807) is 0 Å². The first-order valence-electron chi connectivity index (χ1n) is 2.64. The quantitative estimate of drug-likeness (QED) is 0.145. The van der Waals surface area contributed by atoms with Crippen molar-refractivity contribution in [1.82, 2.24) is 0 Å². The summed E-state index contributed by atoms with van der Waals surface area (Å²) in [6.07, 6.45) is 2.36. The number of hydrogen-bond donors (Lipinski definition) is 0. The van der Waals surface area contributed by atoms with Crippen molar-refractivity contribution in [2.24, 2.45) is 4.99 Å². The van der Waals surface area contributed by atoms with Gasteiger partial charge in [0.1, 0.15) is 6.61 Å². The fourth-order valence-corrected chi connectivity index (χ4v) is 0.296. The maximum Gasteiger partial charge on any atom is 0.330 e. The highest BCUT2D eigenvalue weighted by Crippen LogP contribution is 1.78. The molecule has 4 nitrogen and oxygen atoms in total. The van der Waals surface area contributed by atoms with E-state index < -0.39 is 5.97 Å². The average Bonchev–Trinajstić information content (AvgIpc) is 1.98. The van der Waals surface area contributed by atoms with Crippen LogP contribution >= 0.6 is 0 Å². The molecule has 0 aromatic carbocycles. The third-order valence-corrected chi connectivity index (χ3v) is 0.679. The van der Waals surface area contributed by atoms with E-state index in [1.807, 2.05) is 0 Å². The largest absolute Gasteiger partial charge is 0.461 e. The van der Waals surface area contributed by atoms with Gasteiger partial charge in [-0.05, 0) is 0 Å². The maximum absolute atomic E-state index is 10.3. The van der Waals surface area contributed by atoms with Crippen molar-refractivity contribution in [1.29, 1.82) is 0 Å². The molecule has 0 aliphatic rings. The SMILES string of the molecule is C=CC(=O)OCCN=C=O.[Si]. The number of esters is 1. The van der Waals surface area contributed by atoms with Gasteiger partial charge in [-0.2, -0.15) is 0 Å². The van der Waals surface area contributed by atoms with Crippen LogP contribution in [0.15, 0.2) is 17.6 Å². The minimum absolute atomic E-state index is 0. The smallest absolute Gasteiger partial charge is 0.330 e. The second-order valence-electron chi connectivity index (χ2n) is 1.34. The average molecular weight is 169 g/mol. The van der Waals surface area contributed by atoms with Crippen LogP contribution in [-0.2, 0) is 14.3 Å². The summed E-state index contributed by atoms with van der Waals surface area (Å²) in [4.78, 5) is 22.9. The summed E-state index contributed by atoms with van der Waals surface area (Å²) in [5, 5.41) is 0. The molecule has 0 spiro atoms. The van der Waals surface area contributed by atoms with Gasteiger partial charge in [0.2, 0.25) is 6.08 Å². The number of nitrogens with zero attached hydrogens (tertiary/aromatic N) is 1. The molecule has 0 atom stereocenters. The zero-order chi connectivity index (χ0) is 7.82. The van der Waals surface area contributed by atoms with E-state index in [2.05, 4.69) is 16.3 Å². The molecule has 58 valence electrons. The number of ether oxygens (including phenoxy) is 1. The maximum atomic E-state index is 10.3. The van der Waals surface area contributed by atoms with Crippen LogP contribution in [0.4, 0.5) is 0 Å². The molecule has 0 N–H and O–H groups in total. The highest BCUT2D eigenvalue weighted by molar-refractivity contribution is 5.81. The fraction of sp³-hybridized carbons (Fsp3) is 0.333. The molecule has 0 fully saturated rings. The normalized spacial score (nSPS) is 6.91. The second-order valence-corrected chi connectivity index (χ2v) is 1.34. The Labute approximate surface area is 69.0 Å². The minimum atomic E-state index is -0.513. The van der Waals surface area contributed by atoms with Gasteiger partial charge >= 0.3 is 5.97 Å². The molecule has 0 bridgehead atoms. The predicted octanol–water partition coefficient (Wildman–Crippen LogP) is -0.329. The molecule has 4 radical (unpaired) electrons. The number of hydrogen-bond acceptors (Lipinski definition) is 4. The lowest BCUT2D eigenvalue weighted by atomic mass is 10.6. The Kier molecular flexibility index (Phi) is 9.99. The molecule has 0 aliphatic carbocycles. The predicted molar refractivity (Wildman–Crippen MR) is 39.9 cm³/mol. The molecule has 0 saturated heterocycles. The summed E-state index contributed by atoms with van der Waals surface area (Å²) < 4.78 is 4.46. The molecule has 0 rings (SSSR count). The first-order valence-corrected chi connectivity index (χ1v) is 2.64. The Morgan fingerprint density at radius 1 is 1.73 bits per heavy atom. The third kappa shape index (κ3) is 8.81. The van der Waals surface area contributed by atoms with Crippen LogP contribution in [-0.4, -0.2) is 36.2 Å². The lowest BCUT2D eigenvalue weighted by molar-refractivity contribution is -0.137. The molecule has 0 unspecified atom stereocenters. The van der Waals surface area contributed by atoms with Gasteiger partial charge in [-0.25, -0.2) is 14.6 Å². The second kappa shape index (κ2) is 8.81. The summed E-state index contributed by atoms with van der Waals surface area (Å²) >= 11 is 0. The van der Waals surface area contributed by atoms with Crippen LogP contribution < -0.4 is 0 Å². The number of rotatable bonds is 4. The van der Waals surface area contributed by atoms with Crippen LogP contribution in [0.25, 0.3) is 0 Å². The van der Waals surface area contributed by atoms with E-state index in [0.29, 0.717) is 0 Å². The van der Waals surface area contributed by atoms with Crippen molar-refractivity contribution in [3.05, 3.63) is 12.7 Å². The molecular formula is C6H7NO3Si. The molecule has 11 heavy (non-hydrogen) atoms. The fourth-order valence-electron chi connectivity index (χ4n) is 0.296. The zero-order valence-electron chi connectivity index (χ0n) is 5.87. The van der Waals surface area contributed by atoms with E-state index in [0.717, 1.165) is 6.08 Å². The molecule has 0 aliphatic heterocycles. The first kappa shape index (κ1) is 12.5. The molecule has 5 heteroatoms. The zero-order valence-corrected chi connectivity index (χ0v) is 6.87. The van der Waals surface area contributed by atoms with Gasteiger partial charge in [0.05, 0.1) is 6.54 Å². The summed E-state index contributed by atoms with van der Waals surface area (Å²) in [7, 11) is 0. The summed E-state index contributed by atoms with van der Waals surface area (Å²) in [5.74, 6) is -0.513. The van der Waals surface area contributed by atoms with Crippen molar-refractivity contribution < 1.29 is 14.3 Å². The van der Waals surface area contributed by atoms with Gasteiger partial charge in [0, 0.05) is 17.0 Å². The Balaban J connectivity index is 0. The van der Waals surface area contributed by atoms with Gasteiger partial charge < -0.3 is 4.74 Å². The van der Waals surface area contributed by atoms with Crippen molar-refractivity contribution in [3.63, 3.8) is 0 Å². The number of carbonyl (C=O) groups excluding carboxylic acids is 2. The van der Waals surface area contributed by atoms with Crippen LogP contribution in [0.5, 0.6) is 0 Å². The Morgan fingerprint density at radius 2 is 2.36 bits per heavy atom. The number of aliphatic imine (C=N–C) groups is 1. The van der Waals surface area contributed by atoms with Crippen LogP contribution in [0.1, 0.15) is 0 Å². The Hall–Kier alpha value is -1.19. The van der Waals surface area contributed by atoms with Crippen LogP contribution in [0.2, 0.25) is 0 Å². The van der Waals surface area contributed by atoms with Crippen LogP contribution in [0, 0.1) is 0 Å².